The van der Waals surface area contributed by atoms with Crippen molar-refractivity contribution in [1.29, 1.82) is 0 Å². The number of aldehydes is 1. The van der Waals surface area contributed by atoms with Crippen molar-refractivity contribution in [2.45, 2.75) is 84.2 Å². The van der Waals surface area contributed by atoms with E-state index in [0.717, 1.165) is 56.4 Å². The summed E-state index contributed by atoms with van der Waals surface area (Å²) in [5, 5.41) is 0.234. The number of nitrogens with zero attached hydrogens (tertiary/aromatic N) is 3. The molecular weight excluding hydrogens is 589 g/mol. The standard InChI is InChI=1S/C35H48FN3O5Si/c1-24-25(14-11-19-39-20-17-27(18-21-39)44-45(7,8)35(2,3)4)12-9-15-28(24)29-16-10-13-26(31(29)36)23-43-34-37-32(41-5)30(22-40)33(38-34)42-6/h9-10,12-13,15-16,22,27H,11,14,17-21,23H2,1-8H3. The molecule has 0 atom stereocenters. The fraction of sp³-hybridized carbons (Fsp3) is 0.514. The Morgan fingerprint density at radius 1 is 0.978 bits per heavy atom. The lowest BCUT2D eigenvalue weighted by Gasteiger charge is -2.42. The molecule has 0 amide bonds. The predicted octanol–water partition coefficient (Wildman–Crippen LogP) is 7.42. The fourth-order valence-corrected chi connectivity index (χ4v) is 6.93. The molecule has 45 heavy (non-hydrogen) atoms. The minimum Gasteiger partial charge on any atom is -0.480 e. The van der Waals surface area contributed by atoms with Gasteiger partial charge in [-0.1, -0.05) is 57.2 Å². The molecule has 0 radical (unpaired) electrons. The lowest BCUT2D eigenvalue weighted by molar-refractivity contribution is 0.0892. The molecule has 0 saturated carbocycles. The molecule has 1 aliphatic rings. The monoisotopic (exact) mass is 637 g/mol. The average Bonchev–Trinajstić information content (AvgIpc) is 3.01. The van der Waals surface area contributed by atoms with Crippen molar-refractivity contribution in [3.05, 3.63) is 64.5 Å². The number of carbonyl (C=O) groups is 1. The number of aryl methyl sites for hydroxylation is 1. The summed E-state index contributed by atoms with van der Waals surface area (Å²) < 4.78 is 38.6. The van der Waals surface area contributed by atoms with Crippen molar-refractivity contribution in [2.75, 3.05) is 33.9 Å². The van der Waals surface area contributed by atoms with Gasteiger partial charge in [0.1, 0.15) is 18.0 Å². The molecule has 4 rings (SSSR count). The first-order valence-corrected chi connectivity index (χ1v) is 18.6. The second-order valence-electron chi connectivity index (χ2n) is 13.2. The number of hydrogen-bond donors (Lipinski definition) is 0. The third kappa shape index (κ3) is 8.28. The number of carbonyl (C=O) groups excluding carboxylic acids is 1. The zero-order valence-corrected chi connectivity index (χ0v) is 29.0. The number of methoxy groups -OCH3 is 2. The summed E-state index contributed by atoms with van der Waals surface area (Å²) in [4.78, 5) is 22.2. The van der Waals surface area contributed by atoms with Crippen LogP contribution in [-0.2, 0) is 17.5 Å². The fourth-order valence-electron chi connectivity index (χ4n) is 5.51. The number of halogens is 1. The third-order valence-corrected chi connectivity index (χ3v) is 13.8. The van der Waals surface area contributed by atoms with E-state index >= 15 is 4.39 Å². The minimum absolute atomic E-state index is 0.0219. The summed E-state index contributed by atoms with van der Waals surface area (Å²) in [7, 11) is 1.02. The van der Waals surface area contributed by atoms with Crippen LogP contribution in [-0.4, -0.2) is 69.4 Å². The van der Waals surface area contributed by atoms with E-state index in [1.165, 1.54) is 19.8 Å². The lowest BCUT2D eigenvalue weighted by Crippen LogP contribution is -2.47. The molecule has 1 saturated heterocycles. The van der Waals surface area contributed by atoms with E-state index in [1.54, 1.807) is 12.1 Å². The highest BCUT2D eigenvalue weighted by atomic mass is 28.4. The molecular formula is C35H48FN3O5Si. The van der Waals surface area contributed by atoms with Gasteiger partial charge in [-0.25, -0.2) is 4.39 Å². The predicted molar refractivity (Wildman–Crippen MR) is 177 cm³/mol. The Morgan fingerprint density at radius 3 is 2.16 bits per heavy atom. The van der Waals surface area contributed by atoms with E-state index in [-0.39, 0.29) is 40.8 Å². The van der Waals surface area contributed by atoms with Gasteiger partial charge in [-0.2, -0.15) is 9.97 Å². The van der Waals surface area contributed by atoms with E-state index in [4.69, 9.17) is 18.6 Å². The van der Waals surface area contributed by atoms with Crippen molar-refractivity contribution in [3.8, 4) is 28.9 Å². The molecule has 3 aromatic rings. The zero-order valence-electron chi connectivity index (χ0n) is 28.0. The molecule has 0 N–H and O–H groups in total. The smallest absolute Gasteiger partial charge is 0.323 e. The molecule has 0 aliphatic carbocycles. The van der Waals surface area contributed by atoms with Crippen LogP contribution in [0.25, 0.3) is 11.1 Å². The van der Waals surface area contributed by atoms with Gasteiger partial charge in [0.15, 0.2) is 14.6 Å². The van der Waals surface area contributed by atoms with Gasteiger partial charge in [-0.3, -0.25) is 4.79 Å². The van der Waals surface area contributed by atoms with Crippen molar-refractivity contribution in [2.24, 2.45) is 0 Å². The summed E-state index contributed by atoms with van der Waals surface area (Å²) in [6, 6.07) is 11.3. The number of rotatable bonds is 13. The summed E-state index contributed by atoms with van der Waals surface area (Å²) in [5.41, 5.74) is 4.13. The largest absolute Gasteiger partial charge is 0.480 e. The summed E-state index contributed by atoms with van der Waals surface area (Å²) >= 11 is 0. The molecule has 1 aliphatic heterocycles. The Labute approximate surface area is 268 Å². The SMILES string of the molecule is COc1nc(OCc2cccc(-c3cccc(CCCN4CCC(O[Si](C)(C)C(C)(C)C)CC4)c3C)c2F)nc(OC)c1C=O. The maximum atomic E-state index is 15.8. The second-order valence-corrected chi connectivity index (χ2v) is 18.0. The van der Waals surface area contributed by atoms with Crippen LogP contribution < -0.4 is 14.2 Å². The van der Waals surface area contributed by atoms with E-state index in [9.17, 15) is 4.79 Å². The summed E-state index contributed by atoms with van der Waals surface area (Å²) in [6.07, 6.45) is 5.09. The van der Waals surface area contributed by atoms with Crippen LogP contribution in [0.1, 0.15) is 67.1 Å². The molecule has 2 aromatic carbocycles. The van der Waals surface area contributed by atoms with Crippen LogP contribution in [0.3, 0.4) is 0 Å². The first-order chi connectivity index (χ1) is 21.4. The van der Waals surface area contributed by atoms with Gasteiger partial charge in [-0.05, 0) is 74.0 Å². The van der Waals surface area contributed by atoms with Crippen LogP contribution >= 0.6 is 0 Å². The molecule has 2 heterocycles. The van der Waals surface area contributed by atoms with Gasteiger partial charge in [0, 0.05) is 30.3 Å². The Bertz CT molecular complexity index is 1440. The van der Waals surface area contributed by atoms with Gasteiger partial charge in [0.05, 0.1) is 14.2 Å². The Morgan fingerprint density at radius 2 is 1.58 bits per heavy atom. The van der Waals surface area contributed by atoms with Crippen molar-refractivity contribution in [3.63, 3.8) is 0 Å². The van der Waals surface area contributed by atoms with Crippen molar-refractivity contribution < 1.29 is 27.8 Å². The quantitative estimate of drug-likeness (QED) is 0.142. The first kappa shape index (κ1) is 34.5. The van der Waals surface area contributed by atoms with Gasteiger partial charge in [-0.15, -0.1) is 0 Å². The maximum Gasteiger partial charge on any atom is 0.323 e. The third-order valence-electron chi connectivity index (χ3n) is 9.25. The van der Waals surface area contributed by atoms with E-state index in [1.807, 2.05) is 18.2 Å². The highest BCUT2D eigenvalue weighted by Gasteiger charge is 2.39. The van der Waals surface area contributed by atoms with Crippen LogP contribution in [0, 0.1) is 12.7 Å². The van der Waals surface area contributed by atoms with E-state index < -0.39 is 8.32 Å². The molecule has 1 aromatic heterocycles. The van der Waals surface area contributed by atoms with Crippen molar-refractivity contribution in [1.82, 2.24) is 14.9 Å². The van der Waals surface area contributed by atoms with E-state index in [2.05, 4.69) is 61.7 Å². The number of hydrogen-bond acceptors (Lipinski definition) is 8. The number of benzene rings is 2. The van der Waals surface area contributed by atoms with Crippen LogP contribution in [0.2, 0.25) is 18.1 Å². The molecule has 10 heteroatoms. The summed E-state index contributed by atoms with van der Waals surface area (Å²) in [6.45, 7) is 16.7. The number of aromatic nitrogens is 2. The highest BCUT2D eigenvalue weighted by Crippen LogP contribution is 2.38. The lowest BCUT2D eigenvalue weighted by atomic mass is 9.93. The number of piperidine rings is 1. The highest BCUT2D eigenvalue weighted by molar-refractivity contribution is 6.74. The Balaban J connectivity index is 1.37. The topological polar surface area (TPSA) is 83.0 Å². The van der Waals surface area contributed by atoms with Gasteiger partial charge in [0.25, 0.3) is 0 Å². The van der Waals surface area contributed by atoms with E-state index in [0.29, 0.717) is 23.5 Å². The van der Waals surface area contributed by atoms with Crippen LogP contribution in [0.15, 0.2) is 36.4 Å². The Hall–Kier alpha value is -3.34. The van der Waals surface area contributed by atoms with Crippen molar-refractivity contribution >= 4 is 14.6 Å². The molecule has 244 valence electrons. The van der Waals surface area contributed by atoms with Crippen LogP contribution in [0.5, 0.6) is 17.8 Å². The average molecular weight is 638 g/mol. The molecule has 0 unspecified atom stereocenters. The molecule has 8 nitrogen and oxygen atoms in total. The normalized spacial score (nSPS) is 14.8. The number of ether oxygens (including phenoxy) is 3. The maximum absolute atomic E-state index is 15.8. The van der Waals surface area contributed by atoms with Gasteiger partial charge in [0.2, 0.25) is 11.8 Å². The number of likely N-dealkylation sites (tertiary alicyclic amines) is 1. The molecule has 0 spiro atoms. The first-order valence-electron chi connectivity index (χ1n) is 15.7. The Kier molecular flexibility index (Phi) is 11.4. The van der Waals surface area contributed by atoms with Crippen LogP contribution in [0.4, 0.5) is 4.39 Å². The minimum atomic E-state index is -1.74. The second kappa shape index (κ2) is 14.8. The zero-order chi connectivity index (χ0) is 32.8. The molecule has 1 fully saturated rings. The van der Waals surface area contributed by atoms with Gasteiger partial charge < -0.3 is 23.5 Å². The molecule has 0 bridgehead atoms. The van der Waals surface area contributed by atoms with Gasteiger partial charge >= 0.3 is 6.01 Å². The summed E-state index contributed by atoms with van der Waals surface area (Å²) in [5.74, 6) is -0.314.